The highest BCUT2D eigenvalue weighted by Crippen LogP contribution is 2.27. The van der Waals surface area contributed by atoms with Crippen LogP contribution in [0.15, 0.2) is 65.7 Å². The number of aromatic nitrogens is 1. The first-order valence-corrected chi connectivity index (χ1v) is 11.4. The van der Waals surface area contributed by atoms with Crippen molar-refractivity contribution < 1.29 is 9.53 Å². The van der Waals surface area contributed by atoms with Gasteiger partial charge in [-0.15, -0.1) is 0 Å². The number of anilines is 1. The molecule has 5 nitrogen and oxygen atoms in total. The minimum Gasteiger partial charge on any atom is -0.383 e. The number of benzene rings is 3. The monoisotopic (exact) mass is 433 g/mol. The van der Waals surface area contributed by atoms with E-state index in [9.17, 15) is 4.79 Å². The lowest BCUT2D eigenvalue weighted by molar-refractivity contribution is 0.0997. The Bertz CT molecular complexity index is 1270. The van der Waals surface area contributed by atoms with Crippen LogP contribution in [-0.2, 0) is 11.3 Å². The van der Waals surface area contributed by atoms with Crippen LogP contribution in [0.1, 0.15) is 24.2 Å². The zero-order chi connectivity index (χ0) is 21.8. The Labute approximate surface area is 186 Å². The molecule has 0 N–H and O–H groups in total. The summed E-state index contributed by atoms with van der Waals surface area (Å²) in [6.07, 6.45) is 0. The topological polar surface area (TPSA) is 46.8 Å². The zero-order valence-electron chi connectivity index (χ0n) is 18.2. The van der Waals surface area contributed by atoms with Crippen LogP contribution in [0.3, 0.4) is 0 Å². The maximum absolute atomic E-state index is 13.0. The van der Waals surface area contributed by atoms with Crippen molar-refractivity contribution in [2.75, 3.05) is 31.7 Å². The molecule has 1 heterocycles. The van der Waals surface area contributed by atoms with E-state index in [1.807, 2.05) is 36.4 Å². The molecule has 3 aromatic carbocycles. The molecule has 31 heavy (non-hydrogen) atoms. The first-order valence-electron chi connectivity index (χ1n) is 10.6. The normalized spacial score (nSPS) is 12.0. The lowest BCUT2D eigenvalue weighted by Crippen LogP contribution is -2.21. The van der Waals surface area contributed by atoms with Gasteiger partial charge in [0.2, 0.25) is 0 Å². The highest BCUT2D eigenvalue weighted by molar-refractivity contribution is 7.17. The number of carbonyl (C=O) groups excluding carboxylic acids is 1. The van der Waals surface area contributed by atoms with Crippen LogP contribution in [0.2, 0.25) is 0 Å². The van der Waals surface area contributed by atoms with Crippen molar-refractivity contribution in [1.82, 2.24) is 4.57 Å². The highest BCUT2D eigenvalue weighted by Gasteiger charge is 2.12. The van der Waals surface area contributed by atoms with Crippen molar-refractivity contribution in [3.05, 3.63) is 71.0 Å². The second-order valence-corrected chi connectivity index (χ2v) is 8.28. The molecule has 1 amide bonds. The van der Waals surface area contributed by atoms with Crippen LogP contribution in [-0.4, -0.2) is 37.3 Å². The van der Waals surface area contributed by atoms with Gasteiger partial charge in [-0.3, -0.25) is 4.79 Å². The second kappa shape index (κ2) is 9.45. The Morgan fingerprint density at radius 2 is 1.77 bits per heavy atom. The largest absolute Gasteiger partial charge is 0.383 e. The molecule has 0 unspecified atom stereocenters. The van der Waals surface area contributed by atoms with Crippen LogP contribution in [0.25, 0.3) is 21.0 Å². The van der Waals surface area contributed by atoms with Gasteiger partial charge in [0.15, 0.2) is 4.80 Å². The van der Waals surface area contributed by atoms with E-state index in [4.69, 9.17) is 4.74 Å². The van der Waals surface area contributed by atoms with Gasteiger partial charge in [-0.25, -0.2) is 0 Å². The third kappa shape index (κ3) is 4.27. The predicted molar refractivity (Wildman–Crippen MR) is 129 cm³/mol. The molecule has 0 aliphatic rings. The molecule has 0 saturated heterocycles. The van der Waals surface area contributed by atoms with E-state index in [-0.39, 0.29) is 5.91 Å². The third-order valence-electron chi connectivity index (χ3n) is 5.53. The fourth-order valence-electron chi connectivity index (χ4n) is 3.84. The molecule has 4 rings (SSSR count). The smallest absolute Gasteiger partial charge is 0.279 e. The van der Waals surface area contributed by atoms with Gasteiger partial charge in [0, 0.05) is 43.4 Å². The number of carbonyl (C=O) groups is 1. The van der Waals surface area contributed by atoms with E-state index in [0.29, 0.717) is 23.5 Å². The third-order valence-corrected chi connectivity index (χ3v) is 6.66. The van der Waals surface area contributed by atoms with Crippen molar-refractivity contribution in [1.29, 1.82) is 0 Å². The van der Waals surface area contributed by atoms with Crippen LogP contribution in [0.5, 0.6) is 0 Å². The molecule has 0 aliphatic heterocycles. The number of ether oxygens (including phenoxy) is 1. The molecule has 1 aromatic heterocycles. The number of rotatable bonds is 7. The Balaban J connectivity index is 1.78. The molecule has 0 bridgehead atoms. The van der Waals surface area contributed by atoms with Crippen molar-refractivity contribution in [2.45, 2.75) is 20.4 Å². The van der Waals surface area contributed by atoms with Crippen molar-refractivity contribution >= 4 is 43.9 Å². The maximum atomic E-state index is 13.0. The predicted octanol–water partition coefficient (Wildman–Crippen LogP) is 5.09. The molecule has 0 radical (unpaired) electrons. The van der Waals surface area contributed by atoms with Gasteiger partial charge < -0.3 is 14.2 Å². The molecular weight excluding hydrogens is 406 g/mol. The molecule has 0 atom stereocenters. The summed E-state index contributed by atoms with van der Waals surface area (Å²) in [5, 5.41) is 2.36. The van der Waals surface area contributed by atoms with Gasteiger partial charge in [-0.2, -0.15) is 4.99 Å². The molecule has 4 aromatic rings. The molecular formula is C25H27N3O2S. The number of hydrogen-bond donors (Lipinski definition) is 0. The summed E-state index contributed by atoms with van der Waals surface area (Å²) < 4.78 is 8.52. The van der Waals surface area contributed by atoms with E-state index in [1.165, 1.54) is 10.8 Å². The molecule has 0 saturated carbocycles. The van der Waals surface area contributed by atoms with Crippen molar-refractivity contribution in [3.63, 3.8) is 0 Å². The summed E-state index contributed by atoms with van der Waals surface area (Å²) in [6.45, 7) is 7.32. The highest BCUT2D eigenvalue weighted by atomic mass is 32.1. The van der Waals surface area contributed by atoms with Gasteiger partial charge in [-0.05, 0) is 49.6 Å². The van der Waals surface area contributed by atoms with Crippen LogP contribution in [0.4, 0.5) is 5.69 Å². The number of hydrogen-bond acceptors (Lipinski definition) is 4. The maximum Gasteiger partial charge on any atom is 0.279 e. The second-order valence-electron chi connectivity index (χ2n) is 7.30. The van der Waals surface area contributed by atoms with E-state index < -0.39 is 0 Å². The number of nitrogens with zero attached hydrogens (tertiary/aromatic N) is 3. The van der Waals surface area contributed by atoms with Gasteiger partial charge >= 0.3 is 0 Å². The van der Waals surface area contributed by atoms with E-state index in [1.54, 1.807) is 18.4 Å². The summed E-state index contributed by atoms with van der Waals surface area (Å²) in [5.41, 5.74) is 2.78. The van der Waals surface area contributed by atoms with E-state index in [0.717, 1.165) is 29.0 Å². The van der Waals surface area contributed by atoms with Gasteiger partial charge in [0.05, 0.1) is 16.8 Å². The van der Waals surface area contributed by atoms with Gasteiger partial charge in [-0.1, -0.05) is 41.7 Å². The number of thiazole rings is 1. The molecule has 6 heteroatoms. The quantitative estimate of drug-likeness (QED) is 0.408. The zero-order valence-corrected chi connectivity index (χ0v) is 19.0. The molecule has 0 fully saturated rings. The van der Waals surface area contributed by atoms with Crippen LogP contribution >= 0.6 is 11.3 Å². The van der Waals surface area contributed by atoms with Crippen LogP contribution < -0.4 is 9.70 Å². The lowest BCUT2D eigenvalue weighted by Gasteiger charge is -2.20. The fraction of sp³-hybridized carbons (Fsp3) is 0.280. The first kappa shape index (κ1) is 21.3. The minimum absolute atomic E-state index is 0.229. The summed E-state index contributed by atoms with van der Waals surface area (Å²) >= 11 is 1.55. The van der Waals surface area contributed by atoms with Crippen molar-refractivity contribution in [3.8, 4) is 0 Å². The fourth-order valence-corrected chi connectivity index (χ4v) is 5.03. The summed E-state index contributed by atoms with van der Waals surface area (Å²) in [7, 11) is 1.68. The Morgan fingerprint density at radius 1 is 1.03 bits per heavy atom. The Morgan fingerprint density at radius 3 is 2.48 bits per heavy atom. The summed E-state index contributed by atoms with van der Waals surface area (Å²) in [6, 6.07) is 20.2. The van der Waals surface area contributed by atoms with Gasteiger partial charge in [0.25, 0.3) is 5.91 Å². The first-order chi connectivity index (χ1) is 15.2. The molecule has 160 valence electrons. The number of fused-ring (bicyclic) bond motifs is 3. The lowest BCUT2D eigenvalue weighted by atomic mass is 10.1. The Hall–Kier alpha value is -2.96. The number of methoxy groups -OCH3 is 1. The van der Waals surface area contributed by atoms with Gasteiger partial charge in [0.1, 0.15) is 0 Å². The van der Waals surface area contributed by atoms with E-state index >= 15 is 0 Å². The summed E-state index contributed by atoms with van der Waals surface area (Å²) in [4.78, 5) is 20.4. The Kier molecular flexibility index (Phi) is 6.49. The average Bonchev–Trinajstić information content (AvgIpc) is 3.16. The average molecular weight is 434 g/mol. The van der Waals surface area contributed by atoms with Crippen molar-refractivity contribution in [2.24, 2.45) is 4.99 Å². The molecule has 0 aliphatic carbocycles. The standard InChI is InChI=1S/C25H27N3O2S/c1-4-27(5-2)20-13-10-19(11-14-20)24(29)26-25-28(16-17-30-3)22-15-12-18-8-6-7-9-21(18)23(22)31-25/h6-15H,4-5,16-17H2,1-3H3. The minimum atomic E-state index is -0.229. The summed E-state index contributed by atoms with van der Waals surface area (Å²) in [5.74, 6) is -0.229. The van der Waals surface area contributed by atoms with Crippen LogP contribution in [0, 0.1) is 0 Å². The number of amides is 1. The van der Waals surface area contributed by atoms with E-state index in [2.05, 4.69) is 52.6 Å². The SMILES string of the molecule is CCN(CC)c1ccc(C(=O)N=c2sc3c4ccccc4ccc3n2CCOC)cc1. The molecule has 0 spiro atoms.